The number of carbonyl (C=O) groups is 2. The van der Waals surface area contributed by atoms with Crippen molar-refractivity contribution in [3.8, 4) is 0 Å². The van der Waals surface area contributed by atoms with Crippen LogP contribution in [-0.2, 0) is 17.8 Å². The largest absolute Gasteiger partial charge is 0.342 e. The molecular weight excluding hydrogens is 332 g/mol. The van der Waals surface area contributed by atoms with Gasteiger partial charge in [0.15, 0.2) is 0 Å². The fraction of sp³-hybridized carbons (Fsp3) is 0.632. The molecule has 26 heavy (non-hydrogen) atoms. The van der Waals surface area contributed by atoms with Gasteiger partial charge in [-0.05, 0) is 43.7 Å². The second-order valence-electron chi connectivity index (χ2n) is 7.95. The SMILES string of the molecule is CC(=O)N1CCC[C@@]2(CCC2N2CCc3cc(C(=O)NO)cnc3C2)C1. The summed E-state index contributed by atoms with van der Waals surface area (Å²) < 4.78 is 0. The number of pyridine rings is 1. The summed E-state index contributed by atoms with van der Waals surface area (Å²) in [6, 6.07) is 2.35. The second-order valence-corrected chi connectivity index (χ2v) is 7.95. The quantitative estimate of drug-likeness (QED) is 0.616. The van der Waals surface area contributed by atoms with Gasteiger partial charge in [-0.3, -0.25) is 24.7 Å². The van der Waals surface area contributed by atoms with E-state index >= 15 is 0 Å². The van der Waals surface area contributed by atoms with Gasteiger partial charge in [-0.15, -0.1) is 0 Å². The Labute approximate surface area is 153 Å². The van der Waals surface area contributed by atoms with E-state index in [9.17, 15) is 9.59 Å². The summed E-state index contributed by atoms with van der Waals surface area (Å²) >= 11 is 0. The lowest BCUT2D eigenvalue weighted by molar-refractivity contribution is -0.139. The minimum atomic E-state index is -0.521. The zero-order valence-electron chi connectivity index (χ0n) is 15.2. The van der Waals surface area contributed by atoms with Gasteiger partial charge in [0, 0.05) is 50.8 Å². The third kappa shape index (κ3) is 2.89. The molecule has 1 aromatic rings. The minimum Gasteiger partial charge on any atom is -0.342 e. The Kier molecular flexibility index (Phi) is 4.44. The average molecular weight is 358 g/mol. The lowest BCUT2D eigenvalue weighted by Gasteiger charge is -2.58. The van der Waals surface area contributed by atoms with Crippen molar-refractivity contribution in [3.63, 3.8) is 0 Å². The van der Waals surface area contributed by atoms with Crippen molar-refractivity contribution in [2.24, 2.45) is 5.41 Å². The molecule has 1 saturated heterocycles. The van der Waals surface area contributed by atoms with Crippen LogP contribution < -0.4 is 5.48 Å². The Balaban J connectivity index is 1.49. The van der Waals surface area contributed by atoms with E-state index in [1.807, 2.05) is 11.0 Å². The van der Waals surface area contributed by atoms with E-state index < -0.39 is 5.91 Å². The van der Waals surface area contributed by atoms with Crippen LogP contribution in [0.5, 0.6) is 0 Å². The summed E-state index contributed by atoms with van der Waals surface area (Å²) in [4.78, 5) is 32.4. The summed E-state index contributed by atoms with van der Waals surface area (Å²) in [5.74, 6) is -0.331. The number of piperidine rings is 1. The van der Waals surface area contributed by atoms with E-state index in [0.717, 1.165) is 50.3 Å². The van der Waals surface area contributed by atoms with Gasteiger partial charge in [-0.25, -0.2) is 5.48 Å². The highest BCUT2D eigenvalue weighted by Crippen LogP contribution is 2.51. The van der Waals surface area contributed by atoms with Crippen LogP contribution in [0.4, 0.5) is 0 Å². The molecule has 0 radical (unpaired) electrons. The van der Waals surface area contributed by atoms with Gasteiger partial charge < -0.3 is 4.90 Å². The highest BCUT2D eigenvalue weighted by Gasteiger charge is 2.51. The van der Waals surface area contributed by atoms with Crippen LogP contribution in [0.3, 0.4) is 0 Å². The van der Waals surface area contributed by atoms with Crippen LogP contribution in [-0.4, -0.2) is 57.5 Å². The summed E-state index contributed by atoms with van der Waals surface area (Å²) in [6.07, 6.45) is 7.08. The third-order valence-corrected chi connectivity index (χ3v) is 6.56. The monoisotopic (exact) mass is 358 g/mol. The number of rotatable bonds is 2. The molecule has 1 aromatic heterocycles. The standard InChI is InChI=1S/C19H26N4O3/c1-13(24)23-7-2-5-19(12-23)6-3-17(19)22-8-4-14-9-15(18(25)21-26)10-20-16(14)11-22/h9-10,17,26H,2-8,11-12H2,1H3,(H,21,25)/t17?,19-/m1/s1. The van der Waals surface area contributed by atoms with Crippen LogP contribution >= 0.6 is 0 Å². The highest BCUT2D eigenvalue weighted by atomic mass is 16.5. The molecule has 140 valence electrons. The van der Waals surface area contributed by atoms with Gasteiger partial charge in [0.05, 0.1) is 11.3 Å². The summed E-state index contributed by atoms with van der Waals surface area (Å²) in [5, 5.41) is 8.78. The van der Waals surface area contributed by atoms with Gasteiger partial charge in [0.2, 0.25) is 5.91 Å². The average Bonchev–Trinajstić information content (AvgIpc) is 2.66. The maximum atomic E-state index is 11.8. The summed E-state index contributed by atoms with van der Waals surface area (Å²) in [6.45, 7) is 5.20. The number of fused-ring (bicyclic) bond motifs is 1. The molecule has 2 aliphatic heterocycles. The Morgan fingerprint density at radius 3 is 2.88 bits per heavy atom. The molecular formula is C19H26N4O3. The Hall–Kier alpha value is -1.99. The molecule has 1 unspecified atom stereocenters. The van der Waals surface area contributed by atoms with Gasteiger partial charge >= 0.3 is 0 Å². The minimum absolute atomic E-state index is 0.190. The van der Waals surface area contributed by atoms with E-state index in [0.29, 0.717) is 11.6 Å². The molecule has 1 saturated carbocycles. The van der Waals surface area contributed by atoms with Crippen molar-refractivity contribution in [1.29, 1.82) is 0 Å². The molecule has 3 aliphatic rings. The molecule has 0 aromatic carbocycles. The Morgan fingerprint density at radius 1 is 1.35 bits per heavy atom. The zero-order valence-corrected chi connectivity index (χ0v) is 15.2. The molecule has 2 N–H and O–H groups in total. The number of likely N-dealkylation sites (tertiary alicyclic amines) is 1. The number of hydroxylamine groups is 1. The molecule has 3 heterocycles. The zero-order chi connectivity index (χ0) is 18.3. The molecule has 2 amide bonds. The maximum Gasteiger partial charge on any atom is 0.276 e. The molecule has 1 aliphatic carbocycles. The first-order valence-electron chi connectivity index (χ1n) is 9.44. The number of hydrogen-bond donors (Lipinski definition) is 2. The predicted octanol–water partition coefficient (Wildman–Crippen LogP) is 1.35. The molecule has 7 heteroatoms. The maximum absolute atomic E-state index is 11.8. The number of carbonyl (C=O) groups excluding carboxylic acids is 2. The van der Waals surface area contributed by atoms with E-state index in [4.69, 9.17) is 5.21 Å². The number of aromatic nitrogens is 1. The lowest BCUT2D eigenvalue weighted by atomic mass is 9.59. The van der Waals surface area contributed by atoms with E-state index in [2.05, 4.69) is 9.88 Å². The van der Waals surface area contributed by atoms with Crippen molar-refractivity contribution in [2.45, 2.75) is 51.6 Å². The van der Waals surface area contributed by atoms with E-state index in [1.54, 1.807) is 12.4 Å². The topological polar surface area (TPSA) is 85.8 Å². The summed E-state index contributed by atoms with van der Waals surface area (Å²) in [5.41, 5.74) is 4.41. The fourth-order valence-corrected chi connectivity index (χ4v) is 5.04. The van der Waals surface area contributed by atoms with Crippen molar-refractivity contribution in [1.82, 2.24) is 20.3 Å². The van der Waals surface area contributed by atoms with Crippen molar-refractivity contribution in [2.75, 3.05) is 19.6 Å². The molecule has 4 rings (SSSR count). The Morgan fingerprint density at radius 2 is 2.19 bits per heavy atom. The Bertz CT molecular complexity index is 737. The van der Waals surface area contributed by atoms with Crippen molar-refractivity contribution >= 4 is 11.8 Å². The molecule has 2 atom stereocenters. The number of hydrogen-bond acceptors (Lipinski definition) is 5. The van der Waals surface area contributed by atoms with Crippen molar-refractivity contribution < 1.29 is 14.8 Å². The first kappa shape index (κ1) is 17.4. The first-order chi connectivity index (χ1) is 12.5. The fourth-order valence-electron chi connectivity index (χ4n) is 5.04. The molecule has 0 bridgehead atoms. The normalized spacial score (nSPS) is 28.4. The molecule has 1 spiro atoms. The van der Waals surface area contributed by atoms with E-state index in [1.165, 1.54) is 25.5 Å². The number of amides is 2. The van der Waals surface area contributed by atoms with E-state index in [-0.39, 0.29) is 11.3 Å². The number of nitrogens with one attached hydrogen (secondary N) is 1. The van der Waals surface area contributed by atoms with Crippen LogP contribution in [0.1, 0.15) is 54.2 Å². The molecule has 7 nitrogen and oxygen atoms in total. The van der Waals surface area contributed by atoms with Gasteiger partial charge in [0.25, 0.3) is 5.91 Å². The first-order valence-corrected chi connectivity index (χ1v) is 9.44. The van der Waals surface area contributed by atoms with Crippen LogP contribution in [0.25, 0.3) is 0 Å². The lowest BCUT2D eigenvalue weighted by Crippen LogP contribution is -2.62. The molecule has 2 fully saturated rings. The second kappa shape index (κ2) is 6.63. The smallest absolute Gasteiger partial charge is 0.276 e. The van der Waals surface area contributed by atoms with Crippen LogP contribution in [0.15, 0.2) is 12.3 Å². The summed E-state index contributed by atoms with van der Waals surface area (Å²) in [7, 11) is 0. The van der Waals surface area contributed by atoms with Gasteiger partial charge in [0.1, 0.15) is 0 Å². The highest BCUT2D eigenvalue weighted by molar-refractivity contribution is 5.93. The number of nitrogens with zero attached hydrogens (tertiary/aromatic N) is 3. The van der Waals surface area contributed by atoms with Gasteiger partial charge in [-0.1, -0.05) is 0 Å². The van der Waals surface area contributed by atoms with Crippen molar-refractivity contribution in [3.05, 3.63) is 29.1 Å². The van der Waals surface area contributed by atoms with Gasteiger partial charge in [-0.2, -0.15) is 0 Å². The third-order valence-electron chi connectivity index (χ3n) is 6.56. The predicted molar refractivity (Wildman–Crippen MR) is 94.5 cm³/mol. The van der Waals surface area contributed by atoms with Crippen LogP contribution in [0.2, 0.25) is 0 Å². The van der Waals surface area contributed by atoms with Crippen LogP contribution in [0, 0.1) is 5.41 Å².